The molecule has 0 saturated carbocycles. The molecule has 0 atom stereocenters. The molecule has 2 heterocycles. The second-order valence-corrected chi connectivity index (χ2v) is 7.52. The first kappa shape index (κ1) is 17.9. The minimum atomic E-state index is -3.62. The maximum atomic E-state index is 12.9. The first-order valence-corrected chi connectivity index (χ1v) is 9.77. The van der Waals surface area contributed by atoms with Crippen LogP contribution in [0.4, 0.5) is 11.5 Å². The van der Waals surface area contributed by atoms with Gasteiger partial charge in [-0.3, -0.25) is 14.6 Å². The van der Waals surface area contributed by atoms with Crippen LogP contribution in [0.1, 0.15) is 12.5 Å². The molecule has 2 N–H and O–H groups in total. The van der Waals surface area contributed by atoms with Crippen molar-refractivity contribution in [3.8, 4) is 0 Å². The van der Waals surface area contributed by atoms with Crippen molar-refractivity contribution in [2.75, 3.05) is 16.2 Å². The SMILES string of the molecule is CCN(c1ccccc1)S(=O)(=O)c1ccc(NCc2cccnc2)[nH+]c1. The van der Waals surface area contributed by atoms with Crippen LogP contribution in [0.2, 0.25) is 0 Å². The molecule has 0 unspecified atom stereocenters. The van der Waals surface area contributed by atoms with Gasteiger partial charge < -0.3 is 0 Å². The predicted octanol–water partition coefficient (Wildman–Crippen LogP) is 2.72. The smallest absolute Gasteiger partial charge is 0.270 e. The van der Waals surface area contributed by atoms with Crippen LogP contribution in [0.25, 0.3) is 0 Å². The highest BCUT2D eigenvalue weighted by atomic mass is 32.2. The maximum Gasteiger partial charge on any atom is 0.272 e. The van der Waals surface area contributed by atoms with Crippen molar-refractivity contribution in [2.45, 2.75) is 18.4 Å². The summed E-state index contributed by atoms with van der Waals surface area (Å²) in [5.41, 5.74) is 1.69. The Balaban J connectivity index is 1.76. The normalized spacial score (nSPS) is 11.1. The molecule has 26 heavy (non-hydrogen) atoms. The molecule has 6 nitrogen and oxygen atoms in total. The Kier molecular flexibility index (Phi) is 5.48. The van der Waals surface area contributed by atoms with E-state index in [1.165, 1.54) is 10.5 Å². The number of nitrogens with zero attached hydrogens (tertiary/aromatic N) is 2. The number of anilines is 2. The van der Waals surface area contributed by atoms with Crippen molar-refractivity contribution in [1.29, 1.82) is 0 Å². The molecule has 0 spiro atoms. The van der Waals surface area contributed by atoms with Crippen molar-refractivity contribution in [2.24, 2.45) is 0 Å². The summed E-state index contributed by atoms with van der Waals surface area (Å²) in [4.78, 5) is 7.29. The number of rotatable bonds is 7. The summed E-state index contributed by atoms with van der Waals surface area (Å²) in [7, 11) is -3.62. The Morgan fingerprint density at radius 2 is 1.88 bits per heavy atom. The summed E-state index contributed by atoms with van der Waals surface area (Å²) in [6.07, 6.45) is 5.01. The number of hydrogen-bond acceptors (Lipinski definition) is 4. The molecule has 0 aliphatic rings. The van der Waals surface area contributed by atoms with E-state index in [-0.39, 0.29) is 4.90 Å². The molecule has 1 aromatic carbocycles. The van der Waals surface area contributed by atoms with Crippen molar-refractivity contribution >= 4 is 21.5 Å². The monoisotopic (exact) mass is 369 g/mol. The van der Waals surface area contributed by atoms with Crippen LogP contribution in [-0.4, -0.2) is 19.9 Å². The second kappa shape index (κ2) is 7.97. The highest BCUT2D eigenvalue weighted by molar-refractivity contribution is 7.92. The Bertz CT molecular complexity index is 930. The molecule has 0 bridgehead atoms. The third-order valence-corrected chi connectivity index (χ3v) is 5.81. The average Bonchev–Trinajstić information content (AvgIpc) is 2.69. The van der Waals surface area contributed by atoms with Gasteiger partial charge in [0, 0.05) is 30.6 Å². The molecule has 0 radical (unpaired) electrons. The van der Waals surface area contributed by atoms with Crippen LogP contribution in [0.5, 0.6) is 0 Å². The number of para-hydroxylation sites is 1. The molecule has 0 fully saturated rings. The lowest BCUT2D eigenvalue weighted by Crippen LogP contribution is -2.31. The topological polar surface area (TPSA) is 76.4 Å². The van der Waals surface area contributed by atoms with Gasteiger partial charge in [-0.25, -0.2) is 13.4 Å². The number of sulfonamides is 1. The largest absolute Gasteiger partial charge is 0.272 e. The van der Waals surface area contributed by atoms with E-state index in [0.717, 1.165) is 11.4 Å². The van der Waals surface area contributed by atoms with Gasteiger partial charge >= 0.3 is 0 Å². The van der Waals surface area contributed by atoms with E-state index in [1.54, 1.807) is 36.7 Å². The standard InChI is InChI=1S/C19H20N4O2S/c1-2-23(17-8-4-3-5-9-17)26(24,25)18-10-11-19(22-15-18)21-14-16-7-6-12-20-13-16/h3-13,15H,2,14H2,1H3,(H,21,22)/p+1. The van der Waals surface area contributed by atoms with Gasteiger partial charge in [-0.2, -0.15) is 0 Å². The number of nitrogens with one attached hydrogen (secondary N) is 2. The second-order valence-electron chi connectivity index (χ2n) is 5.66. The molecule has 3 aromatic rings. The number of aromatic amines is 1. The van der Waals surface area contributed by atoms with Crippen molar-refractivity contribution in [3.05, 3.63) is 78.8 Å². The molecule has 0 aliphatic carbocycles. The summed E-state index contributed by atoms with van der Waals surface area (Å²) >= 11 is 0. The fraction of sp³-hybridized carbons (Fsp3) is 0.158. The predicted molar refractivity (Wildman–Crippen MR) is 101 cm³/mol. The first-order valence-electron chi connectivity index (χ1n) is 8.33. The zero-order chi connectivity index (χ0) is 18.4. The zero-order valence-corrected chi connectivity index (χ0v) is 15.3. The number of aromatic nitrogens is 2. The Morgan fingerprint density at radius 1 is 1.08 bits per heavy atom. The van der Waals surface area contributed by atoms with Gasteiger partial charge in [0.25, 0.3) is 15.8 Å². The number of hydrogen-bond donors (Lipinski definition) is 1. The molecule has 134 valence electrons. The van der Waals surface area contributed by atoms with E-state index in [1.807, 2.05) is 37.3 Å². The van der Waals surface area contributed by atoms with Crippen LogP contribution in [0.3, 0.4) is 0 Å². The third-order valence-electron chi connectivity index (χ3n) is 3.91. The lowest BCUT2D eigenvalue weighted by Gasteiger charge is -2.22. The maximum absolute atomic E-state index is 12.9. The third kappa shape index (κ3) is 4.00. The van der Waals surface area contributed by atoms with E-state index in [2.05, 4.69) is 15.3 Å². The highest BCUT2D eigenvalue weighted by Crippen LogP contribution is 2.22. The average molecular weight is 369 g/mol. The Labute approximate surface area is 153 Å². The highest BCUT2D eigenvalue weighted by Gasteiger charge is 2.24. The van der Waals surface area contributed by atoms with Gasteiger partial charge in [0.2, 0.25) is 0 Å². The Hall–Kier alpha value is -2.93. The van der Waals surface area contributed by atoms with Crippen LogP contribution in [-0.2, 0) is 16.6 Å². The lowest BCUT2D eigenvalue weighted by molar-refractivity contribution is -0.364. The van der Waals surface area contributed by atoms with E-state index < -0.39 is 10.0 Å². The van der Waals surface area contributed by atoms with Crippen LogP contribution in [0, 0.1) is 0 Å². The molecule has 0 saturated heterocycles. The summed E-state index contributed by atoms with van der Waals surface area (Å²) in [6.45, 7) is 2.77. The minimum Gasteiger partial charge on any atom is -0.270 e. The first-order chi connectivity index (χ1) is 12.6. The number of benzene rings is 1. The van der Waals surface area contributed by atoms with Gasteiger partial charge in [-0.1, -0.05) is 24.3 Å². The van der Waals surface area contributed by atoms with E-state index in [0.29, 0.717) is 18.8 Å². The van der Waals surface area contributed by atoms with Crippen LogP contribution >= 0.6 is 0 Å². The summed E-state index contributed by atoms with van der Waals surface area (Å²) in [5, 5.41) is 3.21. The molecular weight excluding hydrogens is 348 g/mol. The number of pyridine rings is 2. The summed E-state index contributed by atoms with van der Waals surface area (Å²) < 4.78 is 27.3. The summed E-state index contributed by atoms with van der Waals surface area (Å²) in [6, 6.07) is 16.3. The van der Waals surface area contributed by atoms with Gasteiger partial charge in [0.05, 0.1) is 5.69 Å². The lowest BCUT2D eigenvalue weighted by atomic mass is 10.3. The van der Waals surface area contributed by atoms with Crippen LogP contribution < -0.4 is 14.6 Å². The number of H-pyrrole nitrogens is 1. The molecule has 7 heteroatoms. The minimum absolute atomic E-state index is 0.218. The molecule has 3 rings (SSSR count). The Morgan fingerprint density at radius 3 is 2.50 bits per heavy atom. The van der Waals surface area contributed by atoms with Crippen molar-refractivity contribution in [1.82, 2.24) is 4.98 Å². The quantitative estimate of drug-likeness (QED) is 0.695. The van der Waals surface area contributed by atoms with Crippen LogP contribution in [0.15, 0.2) is 78.1 Å². The molecule has 2 aromatic heterocycles. The summed E-state index contributed by atoms with van der Waals surface area (Å²) in [5.74, 6) is 0.732. The zero-order valence-electron chi connectivity index (χ0n) is 14.5. The van der Waals surface area contributed by atoms with E-state index in [4.69, 9.17) is 0 Å². The van der Waals surface area contributed by atoms with Gasteiger partial charge in [0.1, 0.15) is 17.6 Å². The van der Waals surface area contributed by atoms with Crippen molar-refractivity contribution in [3.63, 3.8) is 0 Å². The fourth-order valence-corrected chi connectivity index (χ4v) is 4.04. The van der Waals surface area contributed by atoms with Gasteiger partial charge in [0.15, 0.2) is 0 Å². The molecule has 0 amide bonds. The fourth-order valence-electron chi connectivity index (χ4n) is 2.59. The van der Waals surface area contributed by atoms with Gasteiger partial charge in [-0.05, 0) is 31.2 Å². The van der Waals surface area contributed by atoms with E-state index >= 15 is 0 Å². The molecule has 0 aliphatic heterocycles. The van der Waals surface area contributed by atoms with Gasteiger partial charge in [-0.15, -0.1) is 0 Å². The van der Waals surface area contributed by atoms with Crippen molar-refractivity contribution < 1.29 is 13.4 Å². The molecular formula is C19H21N4O2S+. The van der Waals surface area contributed by atoms with E-state index in [9.17, 15) is 8.42 Å².